The number of alkyl halides is 3. The number of β-amino-alcohol motifs (C(OH)–C–C–N with tert-alkyl or cyclic N) is 1. The van der Waals surface area contributed by atoms with Crippen LogP contribution in [0, 0.1) is 11.3 Å². The summed E-state index contributed by atoms with van der Waals surface area (Å²) in [6.07, 6.45) is -5.65. The molecule has 0 amide bonds. The van der Waals surface area contributed by atoms with Crippen LogP contribution in [-0.2, 0) is 6.18 Å². The Morgan fingerprint density at radius 1 is 1.25 bits per heavy atom. The summed E-state index contributed by atoms with van der Waals surface area (Å²) in [4.78, 5) is 0. The van der Waals surface area contributed by atoms with Gasteiger partial charge in [-0.05, 0) is 44.5 Å². The summed E-state index contributed by atoms with van der Waals surface area (Å²) < 4.78 is 38.1. The molecule has 0 aliphatic carbocycles. The molecule has 0 heterocycles. The molecule has 2 N–H and O–H groups in total. The number of aliphatic hydroxyl groups excluding tert-OH is 1. The van der Waals surface area contributed by atoms with E-state index in [4.69, 9.17) is 5.26 Å². The van der Waals surface area contributed by atoms with E-state index in [1.807, 2.05) is 20.8 Å². The Bertz CT molecular complexity index is 513. The van der Waals surface area contributed by atoms with Crippen molar-refractivity contribution < 1.29 is 18.3 Å². The molecule has 20 heavy (non-hydrogen) atoms. The van der Waals surface area contributed by atoms with Crippen LogP contribution in [0.15, 0.2) is 18.2 Å². The van der Waals surface area contributed by atoms with E-state index in [-0.39, 0.29) is 23.2 Å². The van der Waals surface area contributed by atoms with Crippen LogP contribution in [0.3, 0.4) is 0 Å². The van der Waals surface area contributed by atoms with E-state index in [1.165, 1.54) is 6.07 Å². The number of nitrogens with zero attached hydrogens (tertiary/aromatic N) is 1. The zero-order valence-electron chi connectivity index (χ0n) is 11.5. The standard InChI is InChI=1S/C14H17F3N2O/c1-13(2,3)19-8-12(20)10-4-9(7-18)5-11(6-10)14(15,16)17/h4-6,12,19-20H,8H2,1-3H3. The molecule has 3 nitrogen and oxygen atoms in total. The van der Waals surface area contributed by atoms with Gasteiger partial charge in [-0.2, -0.15) is 18.4 Å². The Labute approximate surface area is 116 Å². The van der Waals surface area contributed by atoms with Gasteiger partial charge in [-0.25, -0.2) is 0 Å². The molecule has 110 valence electrons. The van der Waals surface area contributed by atoms with Gasteiger partial charge in [0.15, 0.2) is 0 Å². The van der Waals surface area contributed by atoms with Crippen molar-refractivity contribution in [2.24, 2.45) is 0 Å². The first kappa shape index (κ1) is 16.5. The number of rotatable bonds is 3. The first-order chi connectivity index (χ1) is 9.03. The number of aliphatic hydroxyl groups is 1. The quantitative estimate of drug-likeness (QED) is 0.898. The van der Waals surface area contributed by atoms with Gasteiger partial charge in [-0.15, -0.1) is 0 Å². The van der Waals surface area contributed by atoms with E-state index in [9.17, 15) is 18.3 Å². The van der Waals surface area contributed by atoms with Crippen LogP contribution in [0.25, 0.3) is 0 Å². The van der Waals surface area contributed by atoms with E-state index in [0.717, 1.165) is 12.1 Å². The molecule has 0 aromatic heterocycles. The smallest absolute Gasteiger partial charge is 0.387 e. The molecule has 0 aliphatic heterocycles. The molecule has 1 rings (SSSR count). The first-order valence-electron chi connectivity index (χ1n) is 6.08. The Balaban J connectivity index is 3.03. The average molecular weight is 286 g/mol. The van der Waals surface area contributed by atoms with Crippen molar-refractivity contribution in [3.05, 3.63) is 34.9 Å². The molecule has 0 bridgehead atoms. The van der Waals surface area contributed by atoms with Gasteiger partial charge in [0.25, 0.3) is 0 Å². The average Bonchev–Trinajstić information content (AvgIpc) is 2.33. The monoisotopic (exact) mass is 286 g/mol. The first-order valence-corrected chi connectivity index (χ1v) is 6.08. The summed E-state index contributed by atoms with van der Waals surface area (Å²) in [5.41, 5.74) is -1.24. The predicted octanol–water partition coefficient (Wildman–Crippen LogP) is 3.00. The predicted molar refractivity (Wildman–Crippen MR) is 68.9 cm³/mol. The van der Waals surface area contributed by atoms with Crippen LogP contribution in [0.2, 0.25) is 0 Å². The lowest BCUT2D eigenvalue weighted by Crippen LogP contribution is -2.38. The highest BCUT2D eigenvalue weighted by molar-refractivity contribution is 5.39. The Kier molecular flexibility index (Phi) is 4.79. The van der Waals surface area contributed by atoms with Crippen LogP contribution in [0.4, 0.5) is 13.2 Å². The van der Waals surface area contributed by atoms with E-state index < -0.39 is 17.8 Å². The molecule has 0 fully saturated rings. The van der Waals surface area contributed by atoms with Crippen LogP contribution in [0.5, 0.6) is 0 Å². The number of hydrogen-bond donors (Lipinski definition) is 2. The fourth-order valence-corrected chi connectivity index (χ4v) is 1.59. The zero-order valence-corrected chi connectivity index (χ0v) is 11.5. The third-order valence-corrected chi connectivity index (χ3v) is 2.62. The molecule has 0 saturated carbocycles. The van der Waals surface area contributed by atoms with Gasteiger partial charge in [-0.1, -0.05) is 0 Å². The third kappa shape index (κ3) is 4.83. The van der Waals surface area contributed by atoms with E-state index in [0.29, 0.717) is 0 Å². The zero-order chi connectivity index (χ0) is 15.6. The van der Waals surface area contributed by atoms with Gasteiger partial charge in [0.05, 0.1) is 23.3 Å². The van der Waals surface area contributed by atoms with Crippen LogP contribution in [-0.4, -0.2) is 17.2 Å². The van der Waals surface area contributed by atoms with Crippen molar-refractivity contribution >= 4 is 0 Å². The van der Waals surface area contributed by atoms with Gasteiger partial charge >= 0.3 is 6.18 Å². The van der Waals surface area contributed by atoms with Gasteiger partial charge < -0.3 is 10.4 Å². The maximum absolute atomic E-state index is 12.7. The third-order valence-electron chi connectivity index (χ3n) is 2.62. The molecular weight excluding hydrogens is 269 g/mol. The Morgan fingerprint density at radius 3 is 2.30 bits per heavy atom. The highest BCUT2D eigenvalue weighted by atomic mass is 19.4. The lowest BCUT2D eigenvalue weighted by molar-refractivity contribution is -0.137. The summed E-state index contributed by atoms with van der Waals surface area (Å²) in [6, 6.07) is 4.59. The summed E-state index contributed by atoms with van der Waals surface area (Å²) in [5, 5.41) is 21.7. The van der Waals surface area contributed by atoms with E-state index in [2.05, 4.69) is 5.32 Å². The lowest BCUT2D eigenvalue weighted by atomic mass is 10.0. The SMILES string of the molecule is CC(C)(C)NCC(O)c1cc(C#N)cc(C(F)(F)F)c1. The molecule has 1 aromatic carbocycles. The molecule has 0 radical (unpaired) electrons. The largest absolute Gasteiger partial charge is 0.416 e. The second-order valence-electron chi connectivity index (χ2n) is 5.60. The summed E-state index contributed by atoms with van der Waals surface area (Å²) in [6.45, 7) is 5.75. The Hall–Kier alpha value is -1.58. The van der Waals surface area contributed by atoms with Crippen molar-refractivity contribution in [3.63, 3.8) is 0 Å². The van der Waals surface area contributed by atoms with Crippen molar-refractivity contribution in [1.29, 1.82) is 5.26 Å². The summed E-state index contributed by atoms with van der Waals surface area (Å²) in [7, 11) is 0. The molecule has 1 atom stereocenters. The van der Waals surface area contributed by atoms with E-state index in [1.54, 1.807) is 6.07 Å². The normalized spacial score (nSPS) is 13.9. The molecule has 0 spiro atoms. The maximum Gasteiger partial charge on any atom is 0.416 e. The summed E-state index contributed by atoms with van der Waals surface area (Å²) in [5.74, 6) is 0. The minimum atomic E-state index is -4.54. The maximum atomic E-state index is 12.7. The second kappa shape index (κ2) is 5.81. The number of nitrogens with one attached hydrogen (secondary N) is 1. The minimum absolute atomic E-state index is 0.0770. The van der Waals surface area contributed by atoms with Crippen LogP contribution >= 0.6 is 0 Å². The summed E-state index contributed by atoms with van der Waals surface area (Å²) >= 11 is 0. The van der Waals surface area contributed by atoms with Crippen LogP contribution in [0.1, 0.15) is 43.6 Å². The highest BCUT2D eigenvalue weighted by Gasteiger charge is 2.31. The molecule has 0 aliphatic rings. The van der Waals surface area contributed by atoms with Crippen molar-refractivity contribution in [2.45, 2.75) is 38.6 Å². The fraction of sp³-hybridized carbons (Fsp3) is 0.500. The van der Waals surface area contributed by atoms with E-state index >= 15 is 0 Å². The highest BCUT2D eigenvalue weighted by Crippen LogP contribution is 2.31. The lowest BCUT2D eigenvalue weighted by Gasteiger charge is -2.23. The molecule has 0 saturated heterocycles. The van der Waals surface area contributed by atoms with Crippen LogP contribution < -0.4 is 5.32 Å². The van der Waals surface area contributed by atoms with Crippen molar-refractivity contribution in [2.75, 3.05) is 6.54 Å². The molecule has 1 unspecified atom stereocenters. The second-order valence-corrected chi connectivity index (χ2v) is 5.60. The van der Waals surface area contributed by atoms with Crippen molar-refractivity contribution in [1.82, 2.24) is 5.32 Å². The fourth-order valence-electron chi connectivity index (χ4n) is 1.59. The van der Waals surface area contributed by atoms with Gasteiger partial charge in [0.2, 0.25) is 0 Å². The topological polar surface area (TPSA) is 56.0 Å². The van der Waals surface area contributed by atoms with Gasteiger partial charge in [0.1, 0.15) is 0 Å². The molecule has 1 aromatic rings. The minimum Gasteiger partial charge on any atom is -0.387 e. The van der Waals surface area contributed by atoms with Gasteiger partial charge in [0, 0.05) is 12.1 Å². The molecular formula is C14H17F3N2O. The Morgan fingerprint density at radius 2 is 1.85 bits per heavy atom. The molecule has 6 heteroatoms. The van der Waals surface area contributed by atoms with Crippen molar-refractivity contribution in [3.8, 4) is 6.07 Å². The number of halogens is 3. The van der Waals surface area contributed by atoms with Gasteiger partial charge in [-0.3, -0.25) is 0 Å². The number of hydrogen-bond acceptors (Lipinski definition) is 3. The number of nitriles is 1. The number of benzene rings is 1.